The molecule has 0 aliphatic carbocycles. The summed E-state index contributed by atoms with van der Waals surface area (Å²) in [5.41, 5.74) is 1.11. The number of rotatable bonds is 6. The Morgan fingerprint density at radius 1 is 1.00 bits per heavy atom. The molecule has 0 saturated heterocycles. The smallest absolute Gasteiger partial charge is 0.00672 e. The molecule has 0 fully saturated rings. The third-order valence-corrected chi connectivity index (χ3v) is 3.26. The molecule has 0 aromatic carbocycles. The van der Waals surface area contributed by atoms with Crippen LogP contribution in [0.1, 0.15) is 52.4 Å². The average molecular weight is 158 g/mol. The number of unbranched alkanes of at least 4 members (excludes halogenated alkanes) is 2. The standard InChI is InChI=1S/C9H22Si/c1-3-5-7-9(10)8-6-4-2/h9H,3-8H2,1-2,10H3. The summed E-state index contributed by atoms with van der Waals surface area (Å²) in [4.78, 5) is 0. The van der Waals surface area contributed by atoms with Gasteiger partial charge in [-0.3, -0.25) is 0 Å². The first-order valence-corrected chi connectivity index (χ1v) is 5.96. The van der Waals surface area contributed by atoms with Gasteiger partial charge in [-0.15, -0.1) is 0 Å². The van der Waals surface area contributed by atoms with Gasteiger partial charge in [0.15, 0.2) is 0 Å². The molecule has 0 aliphatic rings. The van der Waals surface area contributed by atoms with Gasteiger partial charge in [0.2, 0.25) is 0 Å². The first-order valence-electron chi connectivity index (χ1n) is 4.81. The fraction of sp³-hybridized carbons (Fsp3) is 1.00. The van der Waals surface area contributed by atoms with Crippen molar-refractivity contribution in [2.75, 3.05) is 0 Å². The molecule has 0 atom stereocenters. The van der Waals surface area contributed by atoms with Gasteiger partial charge in [0.25, 0.3) is 0 Å². The lowest BCUT2D eigenvalue weighted by Gasteiger charge is -2.08. The Labute approximate surface area is 68.8 Å². The molecule has 0 aromatic rings. The second kappa shape index (κ2) is 7.33. The molecular weight excluding hydrogens is 136 g/mol. The highest BCUT2D eigenvalue weighted by Gasteiger charge is 1.98. The van der Waals surface area contributed by atoms with Crippen LogP contribution in [0, 0.1) is 0 Å². The minimum atomic E-state index is 1.11. The second-order valence-electron chi connectivity index (χ2n) is 3.39. The maximum atomic E-state index is 2.29. The lowest BCUT2D eigenvalue weighted by atomic mass is 10.1. The average Bonchev–Trinajstić information content (AvgIpc) is 1.97. The minimum Gasteiger partial charge on any atom is -0.0654 e. The summed E-state index contributed by atoms with van der Waals surface area (Å²) < 4.78 is 0. The van der Waals surface area contributed by atoms with E-state index in [0.29, 0.717) is 0 Å². The monoisotopic (exact) mass is 158 g/mol. The van der Waals surface area contributed by atoms with E-state index in [9.17, 15) is 0 Å². The third kappa shape index (κ3) is 6.34. The summed E-state index contributed by atoms with van der Waals surface area (Å²) in [6.07, 6.45) is 8.68. The van der Waals surface area contributed by atoms with E-state index in [-0.39, 0.29) is 0 Å². The SMILES string of the molecule is CCCCC([SiH3])CCCC. The number of hydrogen-bond acceptors (Lipinski definition) is 0. The van der Waals surface area contributed by atoms with E-state index in [4.69, 9.17) is 0 Å². The van der Waals surface area contributed by atoms with Crippen molar-refractivity contribution in [3.8, 4) is 0 Å². The molecule has 10 heavy (non-hydrogen) atoms. The van der Waals surface area contributed by atoms with E-state index in [1.807, 2.05) is 0 Å². The fourth-order valence-corrected chi connectivity index (χ4v) is 2.07. The van der Waals surface area contributed by atoms with Crippen LogP contribution in [0.15, 0.2) is 0 Å². The molecule has 0 heterocycles. The maximum absolute atomic E-state index is 2.29. The Kier molecular flexibility index (Phi) is 7.48. The summed E-state index contributed by atoms with van der Waals surface area (Å²) in [5, 5.41) is 0. The van der Waals surface area contributed by atoms with Gasteiger partial charge in [0.1, 0.15) is 0 Å². The Morgan fingerprint density at radius 2 is 1.40 bits per heavy atom. The lowest BCUT2D eigenvalue weighted by molar-refractivity contribution is 0.601. The van der Waals surface area contributed by atoms with Gasteiger partial charge in [-0.05, 0) is 0 Å². The van der Waals surface area contributed by atoms with Crippen LogP contribution in [0.3, 0.4) is 0 Å². The molecule has 0 rings (SSSR count). The van der Waals surface area contributed by atoms with Crippen LogP contribution < -0.4 is 0 Å². The molecule has 0 N–H and O–H groups in total. The summed E-state index contributed by atoms with van der Waals surface area (Å²) in [7, 11) is 1.42. The van der Waals surface area contributed by atoms with Crippen molar-refractivity contribution in [1.29, 1.82) is 0 Å². The molecule has 0 amide bonds. The normalized spacial score (nSPS) is 11.1. The molecule has 0 aliphatic heterocycles. The van der Waals surface area contributed by atoms with Crippen molar-refractivity contribution in [3.05, 3.63) is 0 Å². The summed E-state index contributed by atoms with van der Waals surface area (Å²) in [5.74, 6) is 0. The van der Waals surface area contributed by atoms with E-state index in [1.165, 1.54) is 48.8 Å². The van der Waals surface area contributed by atoms with Crippen LogP contribution in [0.25, 0.3) is 0 Å². The van der Waals surface area contributed by atoms with E-state index in [1.54, 1.807) is 0 Å². The molecule has 0 unspecified atom stereocenters. The first-order chi connectivity index (χ1) is 4.81. The van der Waals surface area contributed by atoms with Crippen molar-refractivity contribution >= 4 is 10.2 Å². The van der Waals surface area contributed by atoms with Gasteiger partial charge < -0.3 is 0 Å². The molecular formula is C9H22Si. The van der Waals surface area contributed by atoms with Crippen LogP contribution in [0.4, 0.5) is 0 Å². The Morgan fingerprint density at radius 3 is 1.70 bits per heavy atom. The van der Waals surface area contributed by atoms with Crippen LogP contribution >= 0.6 is 0 Å². The Bertz CT molecular complexity index is 53.7. The first kappa shape index (κ1) is 10.2. The maximum Gasteiger partial charge on any atom is 0.00672 e. The van der Waals surface area contributed by atoms with Crippen LogP contribution in [0.5, 0.6) is 0 Å². The zero-order valence-corrected chi connectivity index (χ0v) is 9.82. The van der Waals surface area contributed by atoms with E-state index >= 15 is 0 Å². The fourth-order valence-electron chi connectivity index (χ4n) is 1.25. The summed E-state index contributed by atoms with van der Waals surface area (Å²) in [6, 6.07) is 0. The number of hydrogen-bond donors (Lipinski definition) is 0. The topological polar surface area (TPSA) is 0 Å². The second-order valence-corrected chi connectivity index (χ2v) is 5.02. The third-order valence-electron chi connectivity index (χ3n) is 2.10. The minimum absolute atomic E-state index is 1.11. The molecule has 0 spiro atoms. The van der Waals surface area contributed by atoms with Crippen molar-refractivity contribution in [1.82, 2.24) is 0 Å². The predicted octanol–water partition coefficient (Wildman–Crippen LogP) is 2.52. The highest BCUT2D eigenvalue weighted by Crippen LogP contribution is 2.17. The quantitative estimate of drug-likeness (QED) is 0.521. The van der Waals surface area contributed by atoms with Gasteiger partial charge in [0.05, 0.1) is 0 Å². The van der Waals surface area contributed by atoms with E-state index < -0.39 is 0 Å². The van der Waals surface area contributed by atoms with Crippen molar-refractivity contribution in [3.63, 3.8) is 0 Å². The van der Waals surface area contributed by atoms with E-state index in [0.717, 1.165) is 5.54 Å². The molecule has 0 radical (unpaired) electrons. The van der Waals surface area contributed by atoms with Crippen LogP contribution in [-0.2, 0) is 0 Å². The van der Waals surface area contributed by atoms with Gasteiger partial charge in [-0.1, -0.05) is 57.9 Å². The molecule has 0 aromatic heterocycles. The summed E-state index contributed by atoms with van der Waals surface area (Å²) >= 11 is 0. The molecule has 62 valence electrons. The van der Waals surface area contributed by atoms with Gasteiger partial charge >= 0.3 is 0 Å². The zero-order valence-electron chi connectivity index (χ0n) is 7.82. The molecule has 0 bridgehead atoms. The highest BCUT2D eigenvalue weighted by molar-refractivity contribution is 6.11. The van der Waals surface area contributed by atoms with Gasteiger partial charge in [-0.25, -0.2) is 0 Å². The van der Waals surface area contributed by atoms with Crippen molar-refractivity contribution < 1.29 is 0 Å². The predicted molar refractivity (Wildman–Crippen MR) is 52.7 cm³/mol. The molecule has 0 saturated carbocycles. The molecule has 1 heteroatoms. The largest absolute Gasteiger partial charge is 0.0654 e. The summed E-state index contributed by atoms with van der Waals surface area (Å²) in [6.45, 7) is 4.57. The van der Waals surface area contributed by atoms with Crippen molar-refractivity contribution in [2.24, 2.45) is 0 Å². The van der Waals surface area contributed by atoms with E-state index in [2.05, 4.69) is 13.8 Å². The Hall–Kier alpha value is 0.217. The van der Waals surface area contributed by atoms with Gasteiger partial charge in [0, 0.05) is 10.2 Å². The molecule has 0 nitrogen and oxygen atoms in total. The van der Waals surface area contributed by atoms with Gasteiger partial charge in [-0.2, -0.15) is 0 Å². The highest BCUT2D eigenvalue weighted by atomic mass is 28.1. The van der Waals surface area contributed by atoms with Crippen LogP contribution in [0.2, 0.25) is 5.54 Å². The van der Waals surface area contributed by atoms with Crippen molar-refractivity contribution in [2.45, 2.75) is 57.9 Å². The van der Waals surface area contributed by atoms with Crippen LogP contribution in [-0.4, -0.2) is 10.2 Å². The zero-order chi connectivity index (χ0) is 7.82. The lowest BCUT2D eigenvalue weighted by Crippen LogP contribution is -1.91. The Balaban J connectivity index is 3.00.